The average molecular weight is 267 g/mol. The molecule has 0 fully saturated rings. The topological polar surface area (TPSA) is 46.2 Å². The fourth-order valence-electron chi connectivity index (χ4n) is 3.53. The van der Waals surface area contributed by atoms with E-state index in [2.05, 4.69) is 30.3 Å². The van der Waals surface area contributed by atoms with Crippen LogP contribution in [-0.4, -0.2) is 11.7 Å². The van der Waals surface area contributed by atoms with Crippen LogP contribution in [0.25, 0.3) is 0 Å². The van der Waals surface area contributed by atoms with Crippen LogP contribution in [0.3, 0.4) is 0 Å². The molecule has 1 atom stereocenters. The van der Waals surface area contributed by atoms with Gasteiger partial charge in [-0.1, -0.05) is 36.4 Å². The van der Waals surface area contributed by atoms with Crippen molar-refractivity contribution in [3.63, 3.8) is 0 Å². The van der Waals surface area contributed by atoms with Crippen LogP contribution in [-0.2, 0) is 18.3 Å². The lowest BCUT2D eigenvalue weighted by atomic mass is 9.67. The Kier molecular flexibility index (Phi) is 3.49. The molecule has 0 aliphatic heterocycles. The predicted molar refractivity (Wildman–Crippen MR) is 81.9 cm³/mol. The number of hydrogen-bond acceptors (Lipinski definition) is 2. The molecule has 1 aliphatic rings. The summed E-state index contributed by atoms with van der Waals surface area (Å²) >= 11 is 0. The molecule has 0 heterocycles. The lowest BCUT2D eigenvalue weighted by Crippen LogP contribution is -2.40. The van der Waals surface area contributed by atoms with E-state index in [4.69, 9.17) is 5.73 Å². The van der Waals surface area contributed by atoms with Crippen LogP contribution in [0.5, 0.6) is 5.75 Å². The Balaban J connectivity index is 2.00. The first-order valence-corrected chi connectivity index (χ1v) is 7.30. The van der Waals surface area contributed by atoms with Crippen molar-refractivity contribution in [2.45, 2.75) is 31.1 Å². The van der Waals surface area contributed by atoms with Gasteiger partial charge in [0.05, 0.1) is 0 Å². The van der Waals surface area contributed by atoms with Gasteiger partial charge in [-0.3, -0.25) is 0 Å². The molecule has 3 rings (SSSR count). The molecule has 0 saturated carbocycles. The smallest absolute Gasteiger partial charge is 0.115 e. The van der Waals surface area contributed by atoms with Gasteiger partial charge in [0.15, 0.2) is 0 Å². The molecule has 2 nitrogen and oxygen atoms in total. The average Bonchev–Trinajstić information content (AvgIpc) is 2.47. The number of aryl methyl sites for hydroxylation is 1. The minimum atomic E-state index is 0.0165. The van der Waals surface area contributed by atoms with Crippen LogP contribution >= 0.6 is 0 Å². The maximum atomic E-state index is 9.66. The molecule has 104 valence electrons. The highest BCUT2D eigenvalue weighted by Crippen LogP contribution is 2.39. The summed E-state index contributed by atoms with van der Waals surface area (Å²) < 4.78 is 0. The van der Waals surface area contributed by atoms with Gasteiger partial charge in [0.2, 0.25) is 0 Å². The van der Waals surface area contributed by atoms with Crippen molar-refractivity contribution in [1.29, 1.82) is 0 Å². The second-order valence-corrected chi connectivity index (χ2v) is 5.84. The second kappa shape index (κ2) is 5.29. The quantitative estimate of drug-likeness (QED) is 0.897. The van der Waals surface area contributed by atoms with E-state index < -0.39 is 0 Å². The summed E-state index contributed by atoms with van der Waals surface area (Å²) in [5.74, 6) is 0.332. The van der Waals surface area contributed by atoms with Crippen LogP contribution in [0, 0.1) is 0 Å². The normalized spacial score (nSPS) is 21.4. The molecule has 0 aromatic heterocycles. The monoisotopic (exact) mass is 267 g/mol. The van der Waals surface area contributed by atoms with E-state index in [1.807, 2.05) is 12.1 Å². The fourth-order valence-corrected chi connectivity index (χ4v) is 3.53. The Hall–Kier alpha value is -1.80. The maximum absolute atomic E-state index is 9.66. The Morgan fingerprint density at radius 3 is 2.75 bits per heavy atom. The number of aromatic hydroxyl groups is 1. The standard InChI is InChI=1S/C18H21NO/c19-13-18(12-14-5-3-8-16(20)11-14)10-4-7-15-6-1-2-9-17(15)18/h1-3,5-6,8-9,11,20H,4,7,10,12-13,19H2. The molecule has 0 spiro atoms. The Labute approximate surface area is 120 Å². The molecule has 3 N–H and O–H groups in total. The van der Waals surface area contributed by atoms with Gasteiger partial charge in [-0.05, 0) is 54.5 Å². The minimum Gasteiger partial charge on any atom is -0.508 e. The molecule has 1 aliphatic carbocycles. The highest BCUT2D eigenvalue weighted by atomic mass is 16.3. The number of phenols is 1. The van der Waals surface area contributed by atoms with Crippen molar-refractivity contribution >= 4 is 0 Å². The van der Waals surface area contributed by atoms with Gasteiger partial charge in [-0.15, -0.1) is 0 Å². The van der Waals surface area contributed by atoms with Crippen LogP contribution in [0.4, 0.5) is 0 Å². The molecule has 0 radical (unpaired) electrons. The van der Waals surface area contributed by atoms with Crippen LogP contribution in [0.1, 0.15) is 29.5 Å². The van der Waals surface area contributed by atoms with Gasteiger partial charge in [0.25, 0.3) is 0 Å². The lowest BCUT2D eigenvalue weighted by Gasteiger charge is -2.38. The third kappa shape index (κ3) is 2.32. The van der Waals surface area contributed by atoms with Crippen LogP contribution in [0.15, 0.2) is 48.5 Å². The van der Waals surface area contributed by atoms with Gasteiger partial charge < -0.3 is 10.8 Å². The van der Waals surface area contributed by atoms with E-state index in [-0.39, 0.29) is 5.41 Å². The van der Waals surface area contributed by atoms with Crippen LogP contribution in [0.2, 0.25) is 0 Å². The fraction of sp³-hybridized carbons (Fsp3) is 0.333. The summed E-state index contributed by atoms with van der Waals surface area (Å²) in [6.07, 6.45) is 4.36. The van der Waals surface area contributed by atoms with Gasteiger partial charge in [0.1, 0.15) is 5.75 Å². The minimum absolute atomic E-state index is 0.0165. The largest absolute Gasteiger partial charge is 0.508 e. The molecule has 20 heavy (non-hydrogen) atoms. The molecule has 2 aromatic rings. The van der Waals surface area contributed by atoms with Crippen molar-refractivity contribution in [2.75, 3.05) is 6.54 Å². The van der Waals surface area contributed by atoms with Crippen molar-refractivity contribution in [2.24, 2.45) is 5.73 Å². The molecular weight excluding hydrogens is 246 g/mol. The number of fused-ring (bicyclic) bond motifs is 1. The van der Waals surface area contributed by atoms with E-state index in [1.165, 1.54) is 17.5 Å². The van der Waals surface area contributed by atoms with E-state index in [1.54, 1.807) is 6.07 Å². The highest BCUT2D eigenvalue weighted by Gasteiger charge is 2.35. The molecule has 0 amide bonds. The SMILES string of the molecule is NCC1(Cc2cccc(O)c2)CCCc2ccccc21. The zero-order valence-electron chi connectivity index (χ0n) is 11.7. The number of hydrogen-bond donors (Lipinski definition) is 2. The van der Waals surface area contributed by atoms with Crippen molar-refractivity contribution in [1.82, 2.24) is 0 Å². The lowest BCUT2D eigenvalue weighted by molar-refractivity contribution is 0.365. The van der Waals surface area contributed by atoms with E-state index >= 15 is 0 Å². The molecule has 2 aromatic carbocycles. The highest BCUT2D eigenvalue weighted by molar-refractivity contribution is 5.40. The zero-order valence-corrected chi connectivity index (χ0v) is 11.7. The summed E-state index contributed by atoms with van der Waals surface area (Å²) in [5, 5.41) is 9.66. The summed E-state index contributed by atoms with van der Waals surface area (Å²) in [6, 6.07) is 16.2. The van der Waals surface area contributed by atoms with Gasteiger partial charge in [-0.2, -0.15) is 0 Å². The van der Waals surface area contributed by atoms with Crippen molar-refractivity contribution in [3.05, 3.63) is 65.2 Å². The van der Waals surface area contributed by atoms with Gasteiger partial charge >= 0.3 is 0 Å². The number of phenolic OH excluding ortho intramolecular Hbond substituents is 1. The number of nitrogens with two attached hydrogens (primary N) is 1. The Morgan fingerprint density at radius 1 is 1.10 bits per heavy atom. The molecule has 0 bridgehead atoms. The second-order valence-electron chi connectivity index (χ2n) is 5.84. The van der Waals surface area contributed by atoms with E-state index in [0.717, 1.165) is 24.8 Å². The van der Waals surface area contributed by atoms with Crippen LogP contribution < -0.4 is 5.73 Å². The number of benzene rings is 2. The zero-order chi connectivity index (χ0) is 14.0. The third-order valence-corrected chi connectivity index (χ3v) is 4.53. The van der Waals surface area contributed by atoms with Crippen molar-refractivity contribution in [3.8, 4) is 5.75 Å². The van der Waals surface area contributed by atoms with Crippen molar-refractivity contribution < 1.29 is 5.11 Å². The molecule has 2 heteroatoms. The first kappa shape index (κ1) is 13.2. The van der Waals surface area contributed by atoms with Gasteiger partial charge in [-0.25, -0.2) is 0 Å². The first-order chi connectivity index (χ1) is 9.73. The Morgan fingerprint density at radius 2 is 1.95 bits per heavy atom. The maximum Gasteiger partial charge on any atom is 0.115 e. The van der Waals surface area contributed by atoms with E-state index in [0.29, 0.717) is 12.3 Å². The summed E-state index contributed by atoms with van der Waals surface area (Å²) in [5.41, 5.74) is 10.2. The van der Waals surface area contributed by atoms with E-state index in [9.17, 15) is 5.11 Å². The summed E-state index contributed by atoms with van der Waals surface area (Å²) in [6.45, 7) is 0.652. The van der Waals surface area contributed by atoms with Gasteiger partial charge in [0, 0.05) is 12.0 Å². The third-order valence-electron chi connectivity index (χ3n) is 4.53. The first-order valence-electron chi connectivity index (χ1n) is 7.30. The molecule has 1 unspecified atom stereocenters. The number of rotatable bonds is 3. The summed E-state index contributed by atoms with van der Waals surface area (Å²) in [4.78, 5) is 0. The predicted octanol–water partition coefficient (Wildman–Crippen LogP) is 3.17. The Bertz CT molecular complexity index is 608. The molecule has 0 saturated heterocycles. The molecular formula is C18H21NO. The summed E-state index contributed by atoms with van der Waals surface area (Å²) in [7, 11) is 0.